The first kappa shape index (κ1) is 15.3. The molecule has 5 nitrogen and oxygen atoms in total. The van der Waals surface area contributed by atoms with Gasteiger partial charge >= 0.3 is 0 Å². The van der Waals surface area contributed by atoms with Crippen LogP contribution >= 0.6 is 0 Å². The summed E-state index contributed by atoms with van der Waals surface area (Å²) in [4.78, 5) is 24.2. The molecule has 0 saturated carbocycles. The SMILES string of the molecule is Cc1nccn1CCc1nc2ccc(-c3ccccc3)cc2c(=O)[nH]1. The monoisotopic (exact) mass is 330 g/mol. The molecule has 4 aromatic rings. The van der Waals surface area contributed by atoms with Gasteiger partial charge in [-0.25, -0.2) is 9.97 Å². The zero-order valence-corrected chi connectivity index (χ0v) is 13.9. The summed E-state index contributed by atoms with van der Waals surface area (Å²) in [7, 11) is 0. The van der Waals surface area contributed by atoms with Crippen molar-refractivity contribution in [2.24, 2.45) is 0 Å². The molecule has 4 rings (SSSR count). The van der Waals surface area contributed by atoms with Crippen LogP contribution in [0, 0.1) is 6.92 Å². The van der Waals surface area contributed by atoms with Crippen LogP contribution in [0.5, 0.6) is 0 Å². The fourth-order valence-electron chi connectivity index (χ4n) is 2.98. The van der Waals surface area contributed by atoms with Crippen LogP contribution in [0.15, 0.2) is 65.7 Å². The number of aryl methyl sites for hydroxylation is 3. The Hall–Kier alpha value is -3.21. The first-order valence-electron chi connectivity index (χ1n) is 8.27. The molecule has 124 valence electrons. The summed E-state index contributed by atoms with van der Waals surface area (Å²) in [6.45, 7) is 2.70. The maximum absolute atomic E-state index is 12.5. The van der Waals surface area contributed by atoms with Crippen molar-refractivity contribution in [1.82, 2.24) is 19.5 Å². The molecule has 1 N–H and O–H groups in total. The third-order valence-electron chi connectivity index (χ3n) is 4.37. The summed E-state index contributed by atoms with van der Waals surface area (Å²) in [6.07, 6.45) is 4.36. The quantitative estimate of drug-likeness (QED) is 0.624. The van der Waals surface area contributed by atoms with E-state index in [0.29, 0.717) is 17.6 Å². The van der Waals surface area contributed by atoms with E-state index >= 15 is 0 Å². The van der Waals surface area contributed by atoms with Crippen LogP contribution in [-0.2, 0) is 13.0 Å². The van der Waals surface area contributed by atoms with Gasteiger partial charge in [-0.1, -0.05) is 36.4 Å². The molecule has 2 heterocycles. The Morgan fingerprint density at radius 2 is 1.92 bits per heavy atom. The summed E-state index contributed by atoms with van der Waals surface area (Å²) in [5.41, 5.74) is 2.73. The summed E-state index contributed by atoms with van der Waals surface area (Å²) in [5.74, 6) is 1.65. The van der Waals surface area contributed by atoms with E-state index in [4.69, 9.17) is 0 Å². The summed E-state index contributed by atoms with van der Waals surface area (Å²) >= 11 is 0. The first-order chi connectivity index (χ1) is 12.2. The average molecular weight is 330 g/mol. The van der Waals surface area contributed by atoms with E-state index < -0.39 is 0 Å². The Bertz CT molecular complexity index is 1080. The number of nitrogens with zero attached hydrogens (tertiary/aromatic N) is 3. The Balaban J connectivity index is 1.66. The van der Waals surface area contributed by atoms with Crippen molar-refractivity contribution in [3.8, 4) is 11.1 Å². The highest BCUT2D eigenvalue weighted by Crippen LogP contribution is 2.21. The molecule has 0 aliphatic carbocycles. The Morgan fingerprint density at radius 3 is 2.68 bits per heavy atom. The van der Waals surface area contributed by atoms with Gasteiger partial charge in [-0.2, -0.15) is 0 Å². The predicted octanol–water partition coefficient (Wildman–Crippen LogP) is 3.34. The number of aromatic nitrogens is 4. The molecule has 0 atom stereocenters. The van der Waals surface area contributed by atoms with Gasteiger partial charge in [-0.3, -0.25) is 4.79 Å². The maximum Gasteiger partial charge on any atom is 0.258 e. The lowest BCUT2D eigenvalue weighted by molar-refractivity contribution is 0.652. The molecule has 0 aliphatic rings. The average Bonchev–Trinajstić information content (AvgIpc) is 3.05. The van der Waals surface area contributed by atoms with E-state index in [-0.39, 0.29) is 5.56 Å². The Kier molecular flexibility index (Phi) is 3.90. The molecule has 0 radical (unpaired) electrons. The van der Waals surface area contributed by atoms with Crippen molar-refractivity contribution in [2.45, 2.75) is 19.9 Å². The minimum Gasteiger partial charge on any atom is -0.335 e. The lowest BCUT2D eigenvalue weighted by Crippen LogP contribution is -2.14. The molecule has 2 aromatic carbocycles. The van der Waals surface area contributed by atoms with Gasteiger partial charge in [0.2, 0.25) is 0 Å². The number of fused-ring (bicyclic) bond motifs is 1. The molecule has 2 aromatic heterocycles. The van der Waals surface area contributed by atoms with Crippen molar-refractivity contribution in [2.75, 3.05) is 0 Å². The van der Waals surface area contributed by atoms with E-state index in [1.165, 1.54) is 0 Å². The lowest BCUT2D eigenvalue weighted by atomic mass is 10.0. The standard InChI is InChI=1S/C20H18N4O/c1-14-21-10-12-24(14)11-9-19-22-18-8-7-16(13-17(18)20(25)23-19)15-5-3-2-4-6-15/h2-8,10,12-13H,9,11H2,1H3,(H,22,23,25). The zero-order chi connectivity index (χ0) is 17.2. The van der Waals surface area contributed by atoms with Gasteiger partial charge in [0, 0.05) is 25.4 Å². The number of hydrogen-bond donors (Lipinski definition) is 1. The summed E-state index contributed by atoms with van der Waals surface area (Å²) in [6, 6.07) is 15.8. The third-order valence-corrected chi connectivity index (χ3v) is 4.37. The molecule has 0 spiro atoms. The second kappa shape index (κ2) is 6.36. The minimum atomic E-state index is -0.0971. The topological polar surface area (TPSA) is 63.6 Å². The van der Waals surface area contributed by atoms with Crippen LogP contribution in [-0.4, -0.2) is 19.5 Å². The highest BCUT2D eigenvalue weighted by Gasteiger charge is 2.07. The number of rotatable bonds is 4. The fraction of sp³-hybridized carbons (Fsp3) is 0.150. The fourth-order valence-corrected chi connectivity index (χ4v) is 2.98. The number of H-pyrrole nitrogens is 1. The molecule has 25 heavy (non-hydrogen) atoms. The maximum atomic E-state index is 12.5. The van der Waals surface area contributed by atoms with Crippen LogP contribution in [0.2, 0.25) is 0 Å². The van der Waals surface area contributed by atoms with Gasteiger partial charge in [0.15, 0.2) is 0 Å². The Morgan fingerprint density at radius 1 is 1.08 bits per heavy atom. The Labute approximate surface area is 145 Å². The zero-order valence-electron chi connectivity index (χ0n) is 13.9. The van der Waals surface area contributed by atoms with Gasteiger partial charge in [0.1, 0.15) is 11.6 Å². The number of aromatic amines is 1. The van der Waals surface area contributed by atoms with Crippen LogP contribution in [0.3, 0.4) is 0 Å². The summed E-state index contributed by atoms with van der Waals surface area (Å²) < 4.78 is 2.04. The molecule has 0 amide bonds. The molecule has 5 heteroatoms. The van der Waals surface area contributed by atoms with Gasteiger partial charge in [-0.05, 0) is 30.2 Å². The number of hydrogen-bond acceptors (Lipinski definition) is 3. The van der Waals surface area contributed by atoms with Crippen molar-refractivity contribution in [3.05, 3.63) is 82.9 Å². The molecule has 0 unspecified atom stereocenters. The van der Waals surface area contributed by atoms with Crippen LogP contribution in [0.1, 0.15) is 11.6 Å². The van der Waals surface area contributed by atoms with Crippen molar-refractivity contribution in [1.29, 1.82) is 0 Å². The van der Waals surface area contributed by atoms with E-state index in [9.17, 15) is 4.79 Å². The molecular weight excluding hydrogens is 312 g/mol. The molecule has 0 bridgehead atoms. The van der Waals surface area contributed by atoms with Crippen LogP contribution in [0.25, 0.3) is 22.0 Å². The lowest BCUT2D eigenvalue weighted by Gasteiger charge is -2.07. The van der Waals surface area contributed by atoms with E-state index in [1.807, 2.05) is 66.2 Å². The molecule has 0 aliphatic heterocycles. The van der Waals surface area contributed by atoms with Crippen molar-refractivity contribution < 1.29 is 0 Å². The highest BCUT2D eigenvalue weighted by molar-refractivity contribution is 5.83. The van der Waals surface area contributed by atoms with Crippen molar-refractivity contribution >= 4 is 10.9 Å². The smallest absolute Gasteiger partial charge is 0.258 e. The van der Waals surface area contributed by atoms with E-state index in [0.717, 1.165) is 29.0 Å². The minimum absolute atomic E-state index is 0.0971. The first-order valence-corrected chi connectivity index (χ1v) is 8.27. The molecule has 0 saturated heterocycles. The van der Waals surface area contributed by atoms with E-state index in [1.54, 1.807) is 6.20 Å². The summed E-state index contributed by atoms with van der Waals surface area (Å²) in [5, 5.41) is 0.615. The van der Waals surface area contributed by atoms with E-state index in [2.05, 4.69) is 15.0 Å². The second-order valence-electron chi connectivity index (χ2n) is 6.03. The van der Waals surface area contributed by atoms with Crippen molar-refractivity contribution in [3.63, 3.8) is 0 Å². The predicted molar refractivity (Wildman–Crippen MR) is 98.5 cm³/mol. The number of benzene rings is 2. The third kappa shape index (κ3) is 3.08. The van der Waals surface area contributed by atoms with Gasteiger partial charge < -0.3 is 9.55 Å². The van der Waals surface area contributed by atoms with Crippen LogP contribution in [0.4, 0.5) is 0 Å². The largest absolute Gasteiger partial charge is 0.335 e. The number of imidazole rings is 1. The van der Waals surface area contributed by atoms with Crippen LogP contribution < -0.4 is 5.56 Å². The van der Waals surface area contributed by atoms with Gasteiger partial charge in [-0.15, -0.1) is 0 Å². The normalized spacial score (nSPS) is 11.1. The van der Waals surface area contributed by atoms with Gasteiger partial charge in [0.05, 0.1) is 10.9 Å². The number of nitrogens with one attached hydrogen (secondary N) is 1. The highest BCUT2D eigenvalue weighted by atomic mass is 16.1. The molecule has 0 fully saturated rings. The molecular formula is C20H18N4O. The second-order valence-corrected chi connectivity index (χ2v) is 6.03. The van der Waals surface area contributed by atoms with Gasteiger partial charge in [0.25, 0.3) is 5.56 Å².